The monoisotopic (exact) mass is 344 g/mol. The molecule has 0 amide bonds. The second kappa shape index (κ2) is 6.39. The normalized spacial score (nSPS) is 35.7. The standard InChI is InChI=1S/C18H20N2O5/c1-18(2)23-16-15(21-10-11-6-4-3-5-7-11)14(22-17(16)24-18)13-8-12(9-19)25-20-13/h3-7,12,14-17H,8,10H2,1-2H3/t12?,14-,15+,16-,17-/m1/s1. The third kappa shape index (κ3) is 3.26. The van der Waals surface area contributed by atoms with Gasteiger partial charge in [-0.1, -0.05) is 35.5 Å². The van der Waals surface area contributed by atoms with Crippen molar-refractivity contribution in [2.24, 2.45) is 5.16 Å². The summed E-state index contributed by atoms with van der Waals surface area (Å²) in [5.74, 6) is -0.724. The molecule has 0 saturated carbocycles. The van der Waals surface area contributed by atoms with E-state index in [1.54, 1.807) is 0 Å². The molecular formula is C18H20N2O5. The third-order valence-corrected chi connectivity index (χ3v) is 4.44. The minimum atomic E-state index is -0.724. The van der Waals surface area contributed by atoms with E-state index in [9.17, 15) is 0 Å². The molecule has 7 nitrogen and oxygen atoms in total. The maximum atomic E-state index is 9.00. The largest absolute Gasteiger partial charge is 0.377 e. The van der Waals surface area contributed by atoms with Gasteiger partial charge >= 0.3 is 0 Å². The van der Waals surface area contributed by atoms with Crippen molar-refractivity contribution in [3.05, 3.63) is 35.9 Å². The average Bonchev–Trinajstić information content (AvgIpc) is 3.26. The molecule has 0 bridgehead atoms. The number of rotatable bonds is 4. The smallest absolute Gasteiger partial charge is 0.218 e. The Hall–Kier alpha value is -1.98. The Labute approximate surface area is 146 Å². The molecule has 3 aliphatic rings. The predicted octanol–water partition coefficient (Wildman–Crippen LogP) is 2.12. The lowest BCUT2D eigenvalue weighted by Crippen LogP contribution is -2.40. The molecule has 0 spiro atoms. The molecule has 0 N–H and O–H groups in total. The Morgan fingerprint density at radius 2 is 2.08 bits per heavy atom. The Kier molecular flexibility index (Phi) is 4.21. The summed E-state index contributed by atoms with van der Waals surface area (Å²) >= 11 is 0. The van der Waals surface area contributed by atoms with Crippen LogP contribution in [0.3, 0.4) is 0 Å². The fourth-order valence-corrected chi connectivity index (χ4v) is 3.33. The second-order valence-corrected chi connectivity index (χ2v) is 6.80. The van der Waals surface area contributed by atoms with Gasteiger partial charge in [0.05, 0.1) is 12.3 Å². The SMILES string of the molecule is CC1(C)O[C@H]2O[C@H](C3=NOC(C#N)C3)[C@H](OCc3ccccc3)[C@H]2O1. The van der Waals surface area contributed by atoms with Gasteiger partial charge in [0.2, 0.25) is 6.10 Å². The zero-order valence-electron chi connectivity index (χ0n) is 14.1. The molecule has 1 aromatic carbocycles. The molecule has 1 aromatic rings. The lowest BCUT2D eigenvalue weighted by molar-refractivity contribution is -0.210. The zero-order chi connectivity index (χ0) is 17.4. The van der Waals surface area contributed by atoms with E-state index in [-0.39, 0.29) is 12.2 Å². The van der Waals surface area contributed by atoms with Crippen LogP contribution < -0.4 is 0 Å². The van der Waals surface area contributed by atoms with Gasteiger partial charge in [0, 0.05) is 6.42 Å². The van der Waals surface area contributed by atoms with Crippen LogP contribution >= 0.6 is 0 Å². The van der Waals surface area contributed by atoms with E-state index >= 15 is 0 Å². The molecule has 0 radical (unpaired) electrons. The molecule has 4 rings (SSSR count). The highest BCUT2D eigenvalue weighted by Gasteiger charge is 2.57. The highest BCUT2D eigenvalue weighted by Crippen LogP contribution is 2.40. The van der Waals surface area contributed by atoms with Crippen molar-refractivity contribution < 1.29 is 23.8 Å². The van der Waals surface area contributed by atoms with Gasteiger partial charge < -0.3 is 23.8 Å². The number of hydrogen-bond donors (Lipinski definition) is 0. The van der Waals surface area contributed by atoms with E-state index in [0.29, 0.717) is 18.7 Å². The van der Waals surface area contributed by atoms with Crippen LogP contribution in [0.5, 0.6) is 0 Å². The fraction of sp³-hybridized carbons (Fsp3) is 0.556. The summed E-state index contributed by atoms with van der Waals surface area (Å²) in [6, 6.07) is 12.0. The van der Waals surface area contributed by atoms with Gasteiger partial charge in [-0.05, 0) is 19.4 Å². The molecule has 2 saturated heterocycles. The van der Waals surface area contributed by atoms with Crippen LogP contribution in [0.25, 0.3) is 0 Å². The molecule has 7 heteroatoms. The van der Waals surface area contributed by atoms with Crippen molar-refractivity contribution in [2.45, 2.75) is 63.4 Å². The fourth-order valence-electron chi connectivity index (χ4n) is 3.33. The van der Waals surface area contributed by atoms with E-state index in [0.717, 1.165) is 5.56 Å². The first-order chi connectivity index (χ1) is 12.1. The Bertz CT molecular complexity index is 699. The first kappa shape index (κ1) is 16.5. The summed E-state index contributed by atoms with van der Waals surface area (Å²) in [5, 5.41) is 13.0. The molecule has 25 heavy (non-hydrogen) atoms. The van der Waals surface area contributed by atoms with Gasteiger partial charge in [0.25, 0.3) is 0 Å². The number of nitrogens with zero attached hydrogens (tertiary/aromatic N) is 2. The minimum Gasteiger partial charge on any atom is -0.377 e. The number of benzene rings is 1. The van der Waals surface area contributed by atoms with Crippen molar-refractivity contribution in [3.8, 4) is 6.07 Å². The minimum absolute atomic E-state index is 0.354. The molecular weight excluding hydrogens is 324 g/mol. The quantitative estimate of drug-likeness (QED) is 0.832. The second-order valence-electron chi connectivity index (χ2n) is 6.80. The van der Waals surface area contributed by atoms with Crippen LogP contribution in [0.1, 0.15) is 25.8 Å². The molecule has 2 fully saturated rings. The van der Waals surface area contributed by atoms with Crippen LogP contribution in [0.2, 0.25) is 0 Å². The van der Waals surface area contributed by atoms with Crippen LogP contribution in [0.15, 0.2) is 35.5 Å². The summed E-state index contributed by atoms with van der Waals surface area (Å²) in [6.07, 6.45) is -1.89. The van der Waals surface area contributed by atoms with Crippen molar-refractivity contribution in [1.29, 1.82) is 5.26 Å². The van der Waals surface area contributed by atoms with E-state index in [1.165, 1.54) is 0 Å². The van der Waals surface area contributed by atoms with Gasteiger partial charge in [-0.3, -0.25) is 0 Å². The molecule has 0 aliphatic carbocycles. The van der Waals surface area contributed by atoms with Crippen LogP contribution in [0.4, 0.5) is 0 Å². The molecule has 3 aliphatic heterocycles. The predicted molar refractivity (Wildman–Crippen MR) is 86.3 cm³/mol. The Morgan fingerprint density at radius 3 is 2.80 bits per heavy atom. The van der Waals surface area contributed by atoms with Gasteiger partial charge in [0.1, 0.15) is 24.4 Å². The van der Waals surface area contributed by atoms with Crippen molar-refractivity contribution in [3.63, 3.8) is 0 Å². The molecule has 132 valence electrons. The zero-order valence-corrected chi connectivity index (χ0v) is 14.1. The van der Waals surface area contributed by atoms with E-state index < -0.39 is 24.3 Å². The number of fused-ring (bicyclic) bond motifs is 1. The summed E-state index contributed by atoms with van der Waals surface area (Å²) in [4.78, 5) is 5.11. The van der Waals surface area contributed by atoms with E-state index in [1.807, 2.05) is 44.2 Å². The van der Waals surface area contributed by atoms with Crippen LogP contribution in [-0.2, 0) is 30.4 Å². The average molecular weight is 344 g/mol. The summed E-state index contributed by atoms with van der Waals surface area (Å²) in [6.45, 7) is 4.12. The van der Waals surface area contributed by atoms with Crippen molar-refractivity contribution >= 4 is 5.71 Å². The summed E-state index contributed by atoms with van der Waals surface area (Å²) in [5.41, 5.74) is 1.71. The number of oxime groups is 1. The summed E-state index contributed by atoms with van der Waals surface area (Å²) < 4.78 is 23.9. The first-order valence-corrected chi connectivity index (χ1v) is 8.34. The number of hydrogen-bond acceptors (Lipinski definition) is 7. The van der Waals surface area contributed by atoms with Crippen LogP contribution in [0, 0.1) is 11.3 Å². The lowest BCUT2D eigenvalue weighted by Gasteiger charge is -2.25. The highest BCUT2D eigenvalue weighted by atomic mass is 16.8. The van der Waals surface area contributed by atoms with Crippen molar-refractivity contribution in [2.75, 3.05) is 0 Å². The molecule has 1 unspecified atom stereocenters. The molecule has 5 atom stereocenters. The van der Waals surface area contributed by atoms with Gasteiger partial charge in [-0.15, -0.1) is 0 Å². The van der Waals surface area contributed by atoms with E-state index in [4.69, 9.17) is 29.0 Å². The maximum absolute atomic E-state index is 9.00. The van der Waals surface area contributed by atoms with Gasteiger partial charge in [-0.25, -0.2) is 0 Å². The third-order valence-electron chi connectivity index (χ3n) is 4.44. The molecule has 0 aromatic heterocycles. The van der Waals surface area contributed by atoms with Gasteiger partial charge in [-0.2, -0.15) is 5.26 Å². The van der Waals surface area contributed by atoms with Gasteiger partial charge in [0.15, 0.2) is 12.1 Å². The van der Waals surface area contributed by atoms with Crippen molar-refractivity contribution in [1.82, 2.24) is 0 Å². The summed E-state index contributed by atoms with van der Waals surface area (Å²) in [7, 11) is 0. The highest BCUT2D eigenvalue weighted by molar-refractivity contribution is 5.91. The lowest BCUT2D eigenvalue weighted by atomic mass is 10.0. The Balaban J connectivity index is 1.51. The van der Waals surface area contributed by atoms with Crippen LogP contribution in [-0.4, -0.2) is 42.2 Å². The van der Waals surface area contributed by atoms with E-state index in [2.05, 4.69) is 11.2 Å². The Morgan fingerprint density at radius 1 is 1.28 bits per heavy atom. The first-order valence-electron chi connectivity index (χ1n) is 8.34. The molecule has 3 heterocycles. The topological polar surface area (TPSA) is 82.3 Å². The maximum Gasteiger partial charge on any atom is 0.218 e. The number of nitriles is 1. The number of ether oxygens (including phenoxy) is 4.